The van der Waals surface area contributed by atoms with Crippen LogP contribution >= 0.6 is 11.3 Å². The fraction of sp³-hybridized carbons (Fsp3) is 0.591. The van der Waals surface area contributed by atoms with Gasteiger partial charge in [-0.2, -0.15) is 0 Å². The minimum atomic E-state index is -0.349. The maximum atomic E-state index is 12.5. The van der Waals surface area contributed by atoms with Crippen LogP contribution in [0.15, 0.2) is 24.3 Å². The maximum absolute atomic E-state index is 12.5. The van der Waals surface area contributed by atoms with Crippen molar-refractivity contribution in [1.82, 2.24) is 20.5 Å². The van der Waals surface area contributed by atoms with Crippen molar-refractivity contribution >= 4 is 33.5 Å². The molecule has 2 aliphatic rings. The van der Waals surface area contributed by atoms with Gasteiger partial charge in [0.15, 0.2) is 0 Å². The van der Waals surface area contributed by atoms with Gasteiger partial charge in [0.1, 0.15) is 0 Å². The molecule has 1 aliphatic carbocycles. The highest BCUT2D eigenvalue weighted by Crippen LogP contribution is 2.34. The number of thiazole rings is 1. The molecule has 1 saturated carbocycles. The molecule has 1 atom stereocenters. The lowest BCUT2D eigenvalue weighted by atomic mass is 9.96. The van der Waals surface area contributed by atoms with Crippen LogP contribution in [0, 0.1) is 0 Å². The lowest BCUT2D eigenvalue weighted by molar-refractivity contribution is -0.125. The van der Waals surface area contributed by atoms with Gasteiger partial charge in [-0.1, -0.05) is 31.4 Å². The summed E-state index contributed by atoms with van der Waals surface area (Å²) in [6.45, 7) is 3.58. The van der Waals surface area contributed by atoms with E-state index in [4.69, 9.17) is 4.98 Å². The third kappa shape index (κ3) is 4.95. The number of hydrogen-bond acceptors (Lipinski definition) is 5. The Balaban J connectivity index is 1.26. The summed E-state index contributed by atoms with van der Waals surface area (Å²) >= 11 is 1.78. The lowest BCUT2D eigenvalue weighted by Crippen LogP contribution is -2.52. The number of amides is 3. The second kappa shape index (κ2) is 9.22. The third-order valence-corrected chi connectivity index (χ3v) is 7.49. The number of nitrogens with zero attached hydrogens (tertiary/aromatic N) is 2. The molecule has 1 aliphatic heterocycles. The van der Waals surface area contributed by atoms with Gasteiger partial charge in [-0.15, -0.1) is 11.3 Å². The van der Waals surface area contributed by atoms with Crippen LogP contribution in [0.25, 0.3) is 10.2 Å². The zero-order valence-corrected chi connectivity index (χ0v) is 17.8. The fourth-order valence-corrected chi connectivity index (χ4v) is 5.59. The van der Waals surface area contributed by atoms with E-state index in [1.54, 1.807) is 11.3 Å². The van der Waals surface area contributed by atoms with Gasteiger partial charge in [0, 0.05) is 12.0 Å². The van der Waals surface area contributed by atoms with Crippen molar-refractivity contribution in [2.75, 3.05) is 13.1 Å². The van der Waals surface area contributed by atoms with Gasteiger partial charge in [-0.05, 0) is 57.8 Å². The molecule has 0 bridgehead atoms. The van der Waals surface area contributed by atoms with Crippen LogP contribution in [-0.2, 0) is 4.79 Å². The van der Waals surface area contributed by atoms with E-state index in [9.17, 15) is 9.59 Å². The number of para-hydroxylation sites is 1. The van der Waals surface area contributed by atoms with Gasteiger partial charge in [0.2, 0.25) is 5.91 Å². The van der Waals surface area contributed by atoms with Crippen LogP contribution < -0.4 is 10.6 Å². The Kier molecular flexibility index (Phi) is 6.45. The van der Waals surface area contributed by atoms with Gasteiger partial charge >= 0.3 is 6.03 Å². The van der Waals surface area contributed by atoms with Crippen LogP contribution in [-0.4, -0.2) is 47.0 Å². The van der Waals surface area contributed by atoms with Crippen LogP contribution in [0.1, 0.15) is 62.8 Å². The van der Waals surface area contributed by atoms with E-state index in [0.717, 1.165) is 57.1 Å². The highest BCUT2D eigenvalue weighted by molar-refractivity contribution is 7.18. The van der Waals surface area contributed by atoms with Crippen LogP contribution in [0.2, 0.25) is 0 Å². The molecule has 0 spiro atoms. The summed E-state index contributed by atoms with van der Waals surface area (Å²) in [5.41, 5.74) is 1.08. The van der Waals surface area contributed by atoms with Gasteiger partial charge in [0.05, 0.1) is 21.3 Å². The number of likely N-dealkylation sites (tertiary alicyclic amines) is 1. The number of piperidine rings is 1. The van der Waals surface area contributed by atoms with Crippen molar-refractivity contribution < 1.29 is 9.59 Å². The standard InChI is InChI=1S/C22H30N4O2S/c1-15(20(27)25-22(28)23-17-7-3-2-4-8-17)26-13-11-16(12-14-26)21-24-18-9-5-6-10-19(18)29-21/h5-6,9-10,15-17H,2-4,7-8,11-14H2,1H3,(H2,23,25,27,28)/t15-/m0/s1. The first-order valence-electron chi connectivity index (χ1n) is 10.8. The quantitative estimate of drug-likeness (QED) is 0.792. The normalized spacial score (nSPS) is 20.4. The number of urea groups is 1. The zero-order chi connectivity index (χ0) is 20.2. The fourth-order valence-electron chi connectivity index (χ4n) is 4.45. The van der Waals surface area contributed by atoms with Crippen LogP contribution in [0.5, 0.6) is 0 Å². The molecule has 2 aromatic rings. The molecule has 1 aromatic heterocycles. The number of rotatable bonds is 4. The second-order valence-corrected chi connectivity index (χ2v) is 9.37. The molecule has 1 aromatic carbocycles. The number of hydrogen-bond donors (Lipinski definition) is 2. The Labute approximate surface area is 176 Å². The average molecular weight is 415 g/mol. The second-order valence-electron chi connectivity index (χ2n) is 8.30. The topological polar surface area (TPSA) is 74.3 Å². The van der Waals surface area contributed by atoms with E-state index in [1.165, 1.54) is 16.1 Å². The molecular formula is C22H30N4O2S. The number of aromatic nitrogens is 1. The summed E-state index contributed by atoms with van der Waals surface area (Å²) in [6, 6.07) is 7.82. The van der Waals surface area contributed by atoms with E-state index < -0.39 is 0 Å². The first-order valence-corrected chi connectivity index (χ1v) is 11.6. The monoisotopic (exact) mass is 414 g/mol. The summed E-state index contributed by atoms with van der Waals surface area (Å²) in [5, 5.41) is 6.70. The van der Waals surface area contributed by atoms with Crippen molar-refractivity contribution in [2.24, 2.45) is 0 Å². The molecule has 2 heterocycles. The summed E-state index contributed by atoms with van der Waals surface area (Å²) in [6.07, 6.45) is 7.55. The van der Waals surface area contributed by atoms with Crippen molar-refractivity contribution in [2.45, 2.75) is 69.9 Å². The van der Waals surface area contributed by atoms with Crippen LogP contribution in [0.3, 0.4) is 0 Å². The number of nitrogens with one attached hydrogen (secondary N) is 2. The van der Waals surface area contributed by atoms with E-state index in [2.05, 4.69) is 33.7 Å². The largest absolute Gasteiger partial charge is 0.335 e. The van der Waals surface area contributed by atoms with Crippen molar-refractivity contribution in [3.8, 4) is 0 Å². The van der Waals surface area contributed by atoms with Gasteiger partial charge in [0.25, 0.3) is 0 Å². The summed E-state index contributed by atoms with van der Waals surface area (Å²) < 4.78 is 1.24. The van der Waals surface area contributed by atoms with Gasteiger partial charge < -0.3 is 5.32 Å². The Hall–Kier alpha value is -1.99. The summed E-state index contributed by atoms with van der Waals surface area (Å²) in [4.78, 5) is 31.7. The predicted molar refractivity (Wildman–Crippen MR) is 116 cm³/mol. The maximum Gasteiger partial charge on any atom is 0.321 e. The number of benzene rings is 1. The number of carbonyl (C=O) groups excluding carboxylic acids is 2. The number of imide groups is 1. The molecule has 156 valence electrons. The van der Waals surface area contributed by atoms with E-state index in [1.807, 2.05) is 13.0 Å². The SMILES string of the molecule is C[C@@H](C(=O)NC(=O)NC1CCCCC1)N1CCC(c2nc3ccccc3s2)CC1. The molecule has 0 unspecified atom stereocenters. The molecule has 3 amide bonds. The average Bonchev–Trinajstić information content (AvgIpc) is 3.18. The molecule has 0 radical (unpaired) electrons. The number of fused-ring (bicyclic) bond motifs is 1. The van der Waals surface area contributed by atoms with Crippen molar-refractivity contribution in [1.29, 1.82) is 0 Å². The summed E-state index contributed by atoms with van der Waals surface area (Å²) in [7, 11) is 0. The Morgan fingerprint density at radius 3 is 2.55 bits per heavy atom. The molecule has 6 nitrogen and oxygen atoms in total. The molecule has 29 heavy (non-hydrogen) atoms. The van der Waals surface area contributed by atoms with Crippen molar-refractivity contribution in [3.05, 3.63) is 29.3 Å². The van der Waals surface area contributed by atoms with E-state index >= 15 is 0 Å². The lowest BCUT2D eigenvalue weighted by Gasteiger charge is -2.34. The highest BCUT2D eigenvalue weighted by atomic mass is 32.1. The Morgan fingerprint density at radius 1 is 1.10 bits per heavy atom. The van der Waals surface area contributed by atoms with E-state index in [-0.39, 0.29) is 24.0 Å². The highest BCUT2D eigenvalue weighted by Gasteiger charge is 2.29. The molecule has 1 saturated heterocycles. The number of carbonyl (C=O) groups is 2. The smallest absolute Gasteiger partial charge is 0.321 e. The zero-order valence-electron chi connectivity index (χ0n) is 17.0. The van der Waals surface area contributed by atoms with Crippen LogP contribution in [0.4, 0.5) is 4.79 Å². The van der Waals surface area contributed by atoms with Gasteiger partial charge in [-0.25, -0.2) is 9.78 Å². The van der Waals surface area contributed by atoms with Crippen molar-refractivity contribution in [3.63, 3.8) is 0 Å². The minimum Gasteiger partial charge on any atom is -0.335 e. The first kappa shape index (κ1) is 20.3. The molecule has 4 rings (SSSR count). The molecule has 7 heteroatoms. The molecular weight excluding hydrogens is 384 g/mol. The third-order valence-electron chi connectivity index (χ3n) is 6.29. The van der Waals surface area contributed by atoms with Gasteiger partial charge in [-0.3, -0.25) is 15.0 Å². The Bertz CT molecular complexity index is 820. The Morgan fingerprint density at radius 2 is 1.83 bits per heavy atom. The summed E-state index contributed by atoms with van der Waals surface area (Å²) in [5.74, 6) is 0.241. The molecule has 2 N–H and O–H groups in total. The predicted octanol–water partition coefficient (Wildman–Crippen LogP) is 4.02. The molecule has 2 fully saturated rings. The minimum absolute atomic E-state index is 0.205. The van der Waals surface area contributed by atoms with E-state index in [0.29, 0.717) is 5.92 Å². The first-order chi connectivity index (χ1) is 14.1.